The Morgan fingerprint density at radius 3 is 2.42 bits per heavy atom. The summed E-state index contributed by atoms with van der Waals surface area (Å²) >= 11 is 12.1. The lowest BCUT2D eigenvalue weighted by Gasteiger charge is -2.22. The second-order valence-electron chi connectivity index (χ2n) is 5.81. The Morgan fingerprint density at radius 1 is 1.08 bits per heavy atom. The zero-order valence-electron chi connectivity index (χ0n) is 13.1. The summed E-state index contributed by atoms with van der Waals surface area (Å²) in [7, 11) is 0. The van der Waals surface area contributed by atoms with Gasteiger partial charge in [0.05, 0.1) is 27.5 Å². The van der Waals surface area contributed by atoms with E-state index in [9.17, 15) is 4.79 Å². The SMILES string of the molecule is O=C(Nc1ccc(OC2CCCCC2)nc1)c1c(Cl)cccc1Cl. The van der Waals surface area contributed by atoms with E-state index in [-0.39, 0.29) is 17.6 Å². The van der Waals surface area contributed by atoms with Crippen molar-refractivity contribution in [2.45, 2.75) is 38.2 Å². The molecule has 0 spiro atoms. The number of ether oxygens (including phenoxy) is 1. The Labute approximate surface area is 151 Å². The number of nitrogens with zero attached hydrogens (tertiary/aromatic N) is 1. The molecule has 1 aromatic heterocycles. The molecule has 4 nitrogen and oxygen atoms in total. The molecular formula is C18H18Cl2N2O2. The van der Waals surface area contributed by atoms with Gasteiger partial charge in [0.25, 0.3) is 5.91 Å². The van der Waals surface area contributed by atoms with Gasteiger partial charge >= 0.3 is 0 Å². The van der Waals surface area contributed by atoms with E-state index >= 15 is 0 Å². The van der Waals surface area contributed by atoms with Crippen LogP contribution in [0.25, 0.3) is 0 Å². The van der Waals surface area contributed by atoms with Gasteiger partial charge in [-0.1, -0.05) is 35.7 Å². The lowest BCUT2D eigenvalue weighted by molar-refractivity contribution is 0.102. The Kier molecular flexibility index (Phi) is 5.59. The predicted octanol–water partition coefficient (Wildman–Crippen LogP) is 5.35. The van der Waals surface area contributed by atoms with Crippen LogP contribution < -0.4 is 10.1 Å². The van der Waals surface area contributed by atoms with Crippen molar-refractivity contribution < 1.29 is 9.53 Å². The lowest BCUT2D eigenvalue weighted by atomic mass is 9.98. The fourth-order valence-corrected chi connectivity index (χ4v) is 3.36. The molecule has 6 heteroatoms. The van der Waals surface area contributed by atoms with Gasteiger partial charge in [0.15, 0.2) is 0 Å². The second-order valence-corrected chi connectivity index (χ2v) is 6.63. The first-order valence-electron chi connectivity index (χ1n) is 8.01. The number of pyridine rings is 1. The molecule has 2 aromatic rings. The normalized spacial score (nSPS) is 15.1. The molecule has 1 amide bonds. The highest BCUT2D eigenvalue weighted by molar-refractivity contribution is 6.40. The van der Waals surface area contributed by atoms with Crippen molar-refractivity contribution in [3.8, 4) is 5.88 Å². The van der Waals surface area contributed by atoms with Gasteiger partial charge in [-0.15, -0.1) is 0 Å². The lowest BCUT2D eigenvalue weighted by Crippen LogP contribution is -2.20. The van der Waals surface area contributed by atoms with Crippen LogP contribution in [0.1, 0.15) is 42.5 Å². The van der Waals surface area contributed by atoms with Gasteiger partial charge < -0.3 is 10.1 Å². The van der Waals surface area contributed by atoms with E-state index in [0.717, 1.165) is 12.8 Å². The van der Waals surface area contributed by atoms with Crippen molar-refractivity contribution in [3.05, 3.63) is 52.1 Å². The van der Waals surface area contributed by atoms with Crippen molar-refractivity contribution in [3.63, 3.8) is 0 Å². The van der Waals surface area contributed by atoms with Gasteiger partial charge in [-0.05, 0) is 43.9 Å². The van der Waals surface area contributed by atoms with Crippen molar-refractivity contribution in [1.82, 2.24) is 4.98 Å². The minimum absolute atomic E-state index is 0.244. The van der Waals surface area contributed by atoms with Crippen LogP contribution in [-0.4, -0.2) is 17.0 Å². The van der Waals surface area contributed by atoms with Crippen molar-refractivity contribution >= 4 is 34.8 Å². The van der Waals surface area contributed by atoms with Crippen LogP contribution in [0.3, 0.4) is 0 Å². The summed E-state index contributed by atoms with van der Waals surface area (Å²) in [6.07, 6.45) is 7.66. The average Bonchev–Trinajstić information content (AvgIpc) is 2.57. The summed E-state index contributed by atoms with van der Waals surface area (Å²) in [5.41, 5.74) is 0.815. The summed E-state index contributed by atoms with van der Waals surface area (Å²) in [6, 6.07) is 8.47. The molecule has 0 bridgehead atoms. The fourth-order valence-electron chi connectivity index (χ4n) is 2.79. The number of amides is 1. The number of carbonyl (C=O) groups excluding carboxylic acids is 1. The molecule has 1 fully saturated rings. The number of anilines is 1. The molecule has 126 valence electrons. The smallest absolute Gasteiger partial charge is 0.258 e. The third kappa shape index (κ3) is 4.19. The van der Waals surface area contributed by atoms with E-state index in [1.54, 1.807) is 36.5 Å². The average molecular weight is 365 g/mol. The van der Waals surface area contributed by atoms with Crippen LogP contribution >= 0.6 is 23.2 Å². The molecule has 0 saturated heterocycles. The molecule has 1 N–H and O–H groups in total. The number of hydrogen-bond donors (Lipinski definition) is 1. The maximum absolute atomic E-state index is 12.3. The highest BCUT2D eigenvalue weighted by Crippen LogP contribution is 2.26. The van der Waals surface area contributed by atoms with Gasteiger partial charge in [0.1, 0.15) is 6.10 Å². The second kappa shape index (κ2) is 7.86. The predicted molar refractivity (Wildman–Crippen MR) is 96.2 cm³/mol. The first-order chi connectivity index (χ1) is 11.6. The number of hydrogen-bond acceptors (Lipinski definition) is 3. The number of benzene rings is 1. The number of aromatic nitrogens is 1. The van der Waals surface area contributed by atoms with E-state index in [4.69, 9.17) is 27.9 Å². The summed E-state index contributed by atoms with van der Waals surface area (Å²) in [6.45, 7) is 0. The zero-order valence-corrected chi connectivity index (χ0v) is 14.6. The van der Waals surface area contributed by atoms with Crippen LogP contribution in [-0.2, 0) is 0 Å². The molecule has 3 rings (SSSR count). The van der Waals surface area contributed by atoms with Crippen LogP contribution in [0.15, 0.2) is 36.5 Å². The Hall–Kier alpha value is -1.78. The van der Waals surface area contributed by atoms with Gasteiger partial charge in [-0.3, -0.25) is 4.79 Å². The molecule has 0 aliphatic heterocycles. The zero-order chi connectivity index (χ0) is 16.9. The van der Waals surface area contributed by atoms with Crippen molar-refractivity contribution in [2.75, 3.05) is 5.32 Å². The molecule has 1 saturated carbocycles. The molecule has 0 atom stereocenters. The van der Waals surface area contributed by atoms with Gasteiger partial charge in [0.2, 0.25) is 5.88 Å². The number of nitrogens with one attached hydrogen (secondary N) is 1. The van der Waals surface area contributed by atoms with Crippen LogP contribution in [0.2, 0.25) is 10.0 Å². The maximum atomic E-state index is 12.3. The molecule has 1 aliphatic carbocycles. The Balaban J connectivity index is 1.64. The van der Waals surface area contributed by atoms with Crippen molar-refractivity contribution in [1.29, 1.82) is 0 Å². The highest BCUT2D eigenvalue weighted by Gasteiger charge is 2.16. The summed E-state index contributed by atoms with van der Waals surface area (Å²) in [5, 5.41) is 3.37. The first kappa shape index (κ1) is 17.1. The third-order valence-corrected chi connectivity index (χ3v) is 4.65. The summed E-state index contributed by atoms with van der Waals surface area (Å²) < 4.78 is 5.87. The van der Waals surface area contributed by atoms with Crippen LogP contribution in [0.5, 0.6) is 5.88 Å². The fraction of sp³-hybridized carbons (Fsp3) is 0.333. The number of carbonyl (C=O) groups is 1. The topological polar surface area (TPSA) is 51.2 Å². The highest BCUT2D eigenvalue weighted by atomic mass is 35.5. The van der Waals surface area contributed by atoms with E-state index in [1.165, 1.54) is 19.3 Å². The monoisotopic (exact) mass is 364 g/mol. The van der Waals surface area contributed by atoms with Gasteiger partial charge in [0, 0.05) is 6.07 Å². The van der Waals surface area contributed by atoms with Crippen molar-refractivity contribution in [2.24, 2.45) is 0 Å². The molecule has 0 unspecified atom stereocenters. The molecule has 1 heterocycles. The molecule has 24 heavy (non-hydrogen) atoms. The quantitative estimate of drug-likeness (QED) is 0.794. The molecule has 0 radical (unpaired) electrons. The Morgan fingerprint density at radius 2 is 1.79 bits per heavy atom. The largest absolute Gasteiger partial charge is 0.474 e. The van der Waals surface area contributed by atoms with Gasteiger partial charge in [-0.2, -0.15) is 0 Å². The number of rotatable bonds is 4. The van der Waals surface area contributed by atoms with Crippen LogP contribution in [0.4, 0.5) is 5.69 Å². The first-order valence-corrected chi connectivity index (χ1v) is 8.77. The summed E-state index contributed by atoms with van der Waals surface area (Å²) in [4.78, 5) is 16.6. The van der Waals surface area contributed by atoms with E-state index < -0.39 is 0 Å². The molecule has 1 aliphatic rings. The Bertz CT molecular complexity index is 693. The minimum Gasteiger partial charge on any atom is -0.474 e. The molecular weight excluding hydrogens is 347 g/mol. The van der Waals surface area contributed by atoms with E-state index in [0.29, 0.717) is 21.6 Å². The van der Waals surface area contributed by atoms with Gasteiger partial charge in [-0.25, -0.2) is 4.98 Å². The number of halogens is 2. The van der Waals surface area contributed by atoms with E-state index in [2.05, 4.69) is 10.3 Å². The van der Waals surface area contributed by atoms with E-state index in [1.807, 2.05) is 0 Å². The third-order valence-electron chi connectivity index (χ3n) is 4.02. The maximum Gasteiger partial charge on any atom is 0.258 e. The summed E-state index contributed by atoms with van der Waals surface area (Å²) in [5.74, 6) is 0.212. The van der Waals surface area contributed by atoms with Crippen LogP contribution in [0, 0.1) is 0 Å². The molecule has 1 aromatic carbocycles. The minimum atomic E-state index is -0.367. The standard InChI is InChI=1S/C18H18Cl2N2O2/c19-14-7-4-8-15(20)17(14)18(23)22-12-9-10-16(21-11-12)24-13-5-2-1-3-6-13/h4,7-11,13H,1-3,5-6H2,(H,22,23).